The largest absolute Gasteiger partial charge is 0.271 e. The molecular weight excluding hydrogens is 245 g/mol. The van der Waals surface area contributed by atoms with Crippen LogP contribution < -0.4 is 11.3 Å². The van der Waals surface area contributed by atoms with Crippen LogP contribution in [0.15, 0.2) is 24.5 Å². The van der Waals surface area contributed by atoms with Crippen LogP contribution in [0.3, 0.4) is 0 Å². The van der Waals surface area contributed by atoms with E-state index in [2.05, 4.69) is 15.5 Å². The third kappa shape index (κ3) is 2.80. The van der Waals surface area contributed by atoms with Crippen LogP contribution in [-0.2, 0) is 13.0 Å². The average molecular weight is 263 g/mol. The summed E-state index contributed by atoms with van der Waals surface area (Å²) in [5, 5.41) is 4.47. The minimum absolute atomic E-state index is 0.323. The Hall–Kier alpha value is -1.79. The second kappa shape index (κ2) is 5.90. The summed E-state index contributed by atoms with van der Waals surface area (Å²) in [7, 11) is 0. The number of hydrazine groups is 1. The molecule has 2 heterocycles. The van der Waals surface area contributed by atoms with Gasteiger partial charge in [0.15, 0.2) is 0 Å². The zero-order valence-corrected chi connectivity index (χ0v) is 11.1. The zero-order chi connectivity index (χ0) is 13.8. The third-order valence-electron chi connectivity index (χ3n) is 3.05. The smallest absolute Gasteiger partial charge is 0.141 e. The molecule has 2 aromatic heterocycles. The number of rotatable bonds is 5. The van der Waals surface area contributed by atoms with Gasteiger partial charge in [0.1, 0.15) is 5.82 Å². The summed E-state index contributed by atoms with van der Waals surface area (Å²) >= 11 is 0. The minimum atomic E-state index is -0.379. The lowest BCUT2D eigenvalue weighted by Crippen LogP contribution is -2.30. The summed E-state index contributed by atoms with van der Waals surface area (Å²) < 4.78 is 15.1. The van der Waals surface area contributed by atoms with E-state index in [0.29, 0.717) is 5.56 Å². The number of aryl methyl sites for hydroxylation is 2. The van der Waals surface area contributed by atoms with Crippen LogP contribution in [-0.4, -0.2) is 14.8 Å². The summed E-state index contributed by atoms with van der Waals surface area (Å²) in [5.74, 6) is 5.24. The zero-order valence-electron chi connectivity index (χ0n) is 11.1. The van der Waals surface area contributed by atoms with E-state index in [9.17, 15) is 4.39 Å². The minimum Gasteiger partial charge on any atom is -0.271 e. The molecule has 0 aliphatic heterocycles. The van der Waals surface area contributed by atoms with Crippen molar-refractivity contribution in [2.75, 3.05) is 0 Å². The van der Waals surface area contributed by atoms with Crippen LogP contribution >= 0.6 is 0 Å². The summed E-state index contributed by atoms with van der Waals surface area (Å²) in [4.78, 5) is 3.86. The van der Waals surface area contributed by atoms with Gasteiger partial charge < -0.3 is 0 Å². The van der Waals surface area contributed by atoms with E-state index in [-0.39, 0.29) is 11.9 Å². The molecule has 0 amide bonds. The highest BCUT2D eigenvalue weighted by Crippen LogP contribution is 2.22. The summed E-state index contributed by atoms with van der Waals surface area (Å²) in [5.41, 5.74) is 5.29. The number of nitrogens with two attached hydrogens (primary N) is 1. The summed E-state index contributed by atoms with van der Waals surface area (Å²) in [6, 6.07) is 3.09. The fraction of sp³-hybridized carbons (Fsp3) is 0.385. The van der Waals surface area contributed by atoms with Crippen LogP contribution in [0, 0.1) is 5.82 Å². The Morgan fingerprint density at radius 1 is 1.37 bits per heavy atom. The second-order valence-electron chi connectivity index (χ2n) is 4.27. The fourth-order valence-corrected chi connectivity index (χ4v) is 2.08. The van der Waals surface area contributed by atoms with Crippen LogP contribution in [0.5, 0.6) is 0 Å². The fourth-order valence-electron chi connectivity index (χ4n) is 2.08. The first-order valence-corrected chi connectivity index (χ1v) is 6.32. The summed E-state index contributed by atoms with van der Waals surface area (Å²) in [6.07, 6.45) is 3.62. The van der Waals surface area contributed by atoms with Crippen molar-refractivity contribution in [3.63, 3.8) is 0 Å². The molecule has 1 atom stereocenters. The van der Waals surface area contributed by atoms with E-state index >= 15 is 0 Å². The molecular formula is C13H18FN5. The van der Waals surface area contributed by atoms with Crippen molar-refractivity contribution in [1.82, 2.24) is 20.2 Å². The van der Waals surface area contributed by atoms with Gasteiger partial charge in [0.25, 0.3) is 0 Å². The molecule has 0 spiro atoms. The molecule has 2 aromatic rings. The van der Waals surface area contributed by atoms with Crippen molar-refractivity contribution in [3.8, 4) is 0 Å². The Morgan fingerprint density at radius 2 is 2.16 bits per heavy atom. The van der Waals surface area contributed by atoms with E-state index in [1.165, 1.54) is 12.3 Å². The molecule has 0 bridgehead atoms. The van der Waals surface area contributed by atoms with Crippen molar-refractivity contribution in [1.29, 1.82) is 0 Å². The molecule has 3 N–H and O–H groups in total. The van der Waals surface area contributed by atoms with Gasteiger partial charge in [0.05, 0.1) is 23.6 Å². The average Bonchev–Trinajstić information content (AvgIpc) is 2.83. The molecule has 2 rings (SSSR count). The normalized spacial score (nSPS) is 12.6. The van der Waals surface area contributed by atoms with Gasteiger partial charge in [-0.1, -0.05) is 6.92 Å². The number of halogens is 1. The Kier molecular flexibility index (Phi) is 4.24. The van der Waals surface area contributed by atoms with Gasteiger partial charge in [-0.15, -0.1) is 0 Å². The number of nitrogens with one attached hydrogen (secondary N) is 1. The molecule has 5 nitrogen and oxygen atoms in total. The van der Waals surface area contributed by atoms with E-state index in [0.717, 1.165) is 24.4 Å². The highest BCUT2D eigenvalue weighted by Gasteiger charge is 2.19. The van der Waals surface area contributed by atoms with Gasteiger partial charge >= 0.3 is 0 Å². The number of hydrogen-bond acceptors (Lipinski definition) is 4. The predicted octanol–water partition coefficient (Wildman–Crippen LogP) is 1.55. The van der Waals surface area contributed by atoms with Crippen molar-refractivity contribution in [2.45, 2.75) is 32.9 Å². The van der Waals surface area contributed by atoms with Crippen LogP contribution in [0.1, 0.15) is 36.8 Å². The molecule has 19 heavy (non-hydrogen) atoms. The third-order valence-corrected chi connectivity index (χ3v) is 3.05. The molecule has 1 unspecified atom stereocenters. The highest BCUT2D eigenvalue weighted by molar-refractivity contribution is 5.27. The van der Waals surface area contributed by atoms with Gasteiger partial charge in [-0.3, -0.25) is 15.5 Å². The maximum atomic E-state index is 13.3. The van der Waals surface area contributed by atoms with Gasteiger partial charge in [-0.25, -0.2) is 9.82 Å². The lowest BCUT2D eigenvalue weighted by atomic mass is 10.1. The van der Waals surface area contributed by atoms with E-state index in [1.54, 1.807) is 6.20 Å². The highest BCUT2D eigenvalue weighted by atomic mass is 19.1. The molecule has 0 saturated heterocycles. The van der Waals surface area contributed by atoms with Gasteiger partial charge in [0.2, 0.25) is 0 Å². The summed E-state index contributed by atoms with van der Waals surface area (Å²) in [6.45, 7) is 4.78. The molecule has 102 valence electrons. The molecule has 0 aliphatic carbocycles. The van der Waals surface area contributed by atoms with Gasteiger partial charge in [-0.05, 0) is 31.0 Å². The van der Waals surface area contributed by atoms with Gasteiger partial charge in [-0.2, -0.15) is 5.10 Å². The number of hydrogen-bond donors (Lipinski definition) is 2. The SMILES string of the molecule is CCc1cc(C(NN)c2cncc(F)c2)n(CC)n1. The first kappa shape index (κ1) is 13.6. The Labute approximate surface area is 111 Å². The maximum absolute atomic E-state index is 13.3. The van der Waals surface area contributed by atoms with Crippen molar-refractivity contribution < 1.29 is 4.39 Å². The quantitative estimate of drug-likeness (QED) is 0.634. The monoisotopic (exact) mass is 263 g/mol. The van der Waals surface area contributed by atoms with E-state index in [1.807, 2.05) is 24.6 Å². The topological polar surface area (TPSA) is 68.8 Å². The molecule has 6 heteroatoms. The van der Waals surface area contributed by atoms with Crippen molar-refractivity contribution in [3.05, 3.63) is 47.3 Å². The van der Waals surface area contributed by atoms with Crippen molar-refractivity contribution >= 4 is 0 Å². The van der Waals surface area contributed by atoms with E-state index in [4.69, 9.17) is 5.84 Å². The second-order valence-corrected chi connectivity index (χ2v) is 4.27. The van der Waals surface area contributed by atoms with Crippen LogP contribution in [0.4, 0.5) is 4.39 Å². The Morgan fingerprint density at radius 3 is 2.74 bits per heavy atom. The first-order chi connectivity index (χ1) is 9.19. The van der Waals surface area contributed by atoms with Crippen LogP contribution in [0.2, 0.25) is 0 Å². The van der Waals surface area contributed by atoms with E-state index < -0.39 is 0 Å². The number of pyridine rings is 1. The molecule has 0 radical (unpaired) electrons. The lowest BCUT2D eigenvalue weighted by molar-refractivity contribution is 0.535. The van der Waals surface area contributed by atoms with Gasteiger partial charge in [0, 0.05) is 12.7 Å². The Bertz CT molecular complexity index is 552. The number of aromatic nitrogens is 3. The first-order valence-electron chi connectivity index (χ1n) is 6.32. The lowest BCUT2D eigenvalue weighted by Gasteiger charge is -2.17. The van der Waals surface area contributed by atoms with Crippen LogP contribution in [0.25, 0.3) is 0 Å². The van der Waals surface area contributed by atoms with Crippen molar-refractivity contribution in [2.24, 2.45) is 5.84 Å². The Balaban J connectivity index is 2.44. The number of nitrogens with zero attached hydrogens (tertiary/aromatic N) is 3. The molecule has 0 saturated carbocycles. The molecule has 0 fully saturated rings. The predicted molar refractivity (Wildman–Crippen MR) is 70.6 cm³/mol. The maximum Gasteiger partial charge on any atom is 0.141 e. The molecule has 0 aromatic carbocycles. The standard InChI is InChI=1S/C13H18FN5/c1-3-11-6-12(19(4-2)18-11)13(17-15)9-5-10(14)8-16-7-9/h5-8,13,17H,3-4,15H2,1-2H3. The molecule has 0 aliphatic rings.